The third kappa shape index (κ3) is 5.60. The van der Waals surface area contributed by atoms with Crippen molar-refractivity contribution in [1.29, 1.82) is 0 Å². The largest absolute Gasteiger partial charge is 0.494 e. The van der Waals surface area contributed by atoms with Crippen LogP contribution in [0.25, 0.3) is 0 Å². The van der Waals surface area contributed by atoms with Gasteiger partial charge in [-0.2, -0.15) is 0 Å². The molecule has 0 unspecified atom stereocenters. The first-order chi connectivity index (χ1) is 10.8. The highest BCUT2D eigenvalue weighted by Gasteiger charge is 2.02. The molecule has 0 aromatic heterocycles. The summed E-state index contributed by atoms with van der Waals surface area (Å²) in [5.41, 5.74) is 2.40. The quantitative estimate of drug-likeness (QED) is 0.811. The van der Waals surface area contributed by atoms with Crippen LogP contribution in [0.5, 0.6) is 5.75 Å². The van der Waals surface area contributed by atoms with E-state index < -0.39 is 0 Å². The lowest BCUT2D eigenvalue weighted by atomic mass is 10.1. The molecule has 0 bridgehead atoms. The van der Waals surface area contributed by atoms with Crippen molar-refractivity contribution in [3.8, 4) is 5.75 Å². The molecule has 0 saturated heterocycles. The van der Waals surface area contributed by atoms with Gasteiger partial charge in [0.2, 0.25) is 5.91 Å². The van der Waals surface area contributed by atoms with E-state index in [9.17, 15) is 4.79 Å². The standard InChI is InChI=1S/C19H23NO2/c1-2-22-18-11-8-17(9-12-18)10-13-19(21)20-15-14-16-6-4-3-5-7-16/h3-9,11-12H,2,10,13-15H2,1H3,(H,20,21). The van der Waals surface area contributed by atoms with Gasteiger partial charge in [0.1, 0.15) is 5.75 Å². The maximum atomic E-state index is 11.8. The van der Waals surface area contributed by atoms with E-state index in [4.69, 9.17) is 4.74 Å². The van der Waals surface area contributed by atoms with Gasteiger partial charge >= 0.3 is 0 Å². The first-order valence-electron chi connectivity index (χ1n) is 7.80. The predicted octanol–water partition coefficient (Wildman–Crippen LogP) is 3.38. The molecule has 3 nitrogen and oxygen atoms in total. The zero-order valence-electron chi connectivity index (χ0n) is 13.0. The molecule has 0 spiro atoms. The Bertz CT molecular complexity index is 564. The number of carbonyl (C=O) groups is 1. The highest BCUT2D eigenvalue weighted by Crippen LogP contribution is 2.13. The van der Waals surface area contributed by atoms with Crippen molar-refractivity contribution in [2.45, 2.75) is 26.2 Å². The van der Waals surface area contributed by atoms with Crippen LogP contribution in [0.3, 0.4) is 0 Å². The third-order valence-corrected chi connectivity index (χ3v) is 3.45. The number of hydrogen-bond donors (Lipinski definition) is 1. The molecule has 1 N–H and O–H groups in total. The summed E-state index contributed by atoms with van der Waals surface area (Å²) in [6.07, 6.45) is 2.14. The fourth-order valence-electron chi connectivity index (χ4n) is 2.26. The SMILES string of the molecule is CCOc1ccc(CCC(=O)NCCc2ccccc2)cc1. The molecule has 116 valence electrons. The van der Waals surface area contributed by atoms with E-state index in [2.05, 4.69) is 17.4 Å². The Morgan fingerprint density at radius 3 is 2.32 bits per heavy atom. The van der Waals surface area contributed by atoms with E-state index in [1.165, 1.54) is 5.56 Å². The minimum Gasteiger partial charge on any atom is -0.494 e. The second kappa shape index (κ2) is 8.88. The maximum absolute atomic E-state index is 11.8. The summed E-state index contributed by atoms with van der Waals surface area (Å²) in [6.45, 7) is 3.32. The molecule has 3 heteroatoms. The van der Waals surface area contributed by atoms with Crippen LogP contribution in [0.2, 0.25) is 0 Å². The zero-order valence-corrected chi connectivity index (χ0v) is 13.0. The summed E-state index contributed by atoms with van der Waals surface area (Å²) >= 11 is 0. The first-order valence-corrected chi connectivity index (χ1v) is 7.80. The van der Waals surface area contributed by atoms with E-state index >= 15 is 0 Å². The normalized spacial score (nSPS) is 10.2. The van der Waals surface area contributed by atoms with Crippen molar-refractivity contribution < 1.29 is 9.53 Å². The lowest BCUT2D eigenvalue weighted by Crippen LogP contribution is -2.25. The van der Waals surface area contributed by atoms with Gasteiger partial charge in [-0.05, 0) is 43.0 Å². The van der Waals surface area contributed by atoms with E-state index in [1.54, 1.807) is 0 Å². The molecule has 2 rings (SSSR count). The Labute approximate surface area is 132 Å². The van der Waals surface area contributed by atoms with Crippen molar-refractivity contribution in [3.05, 3.63) is 65.7 Å². The van der Waals surface area contributed by atoms with Crippen LogP contribution in [0.1, 0.15) is 24.5 Å². The van der Waals surface area contributed by atoms with Crippen molar-refractivity contribution in [2.24, 2.45) is 0 Å². The van der Waals surface area contributed by atoms with Gasteiger partial charge in [0.05, 0.1) is 6.61 Å². The molecule has 0 aliphatic heterocycles. The summed E-state index contributed by atoms with van der Waals surface area (Å²) in [5.74, 6) is 0.975. The van der Waals surface area contributed by atoms with E-state index in [0.717, 1.165) is 24.2 Å². The van der Waals surface area contributed by atoms with Gasteiger partial charge < -0.3 is 10.1 Å². The van der Waals surface area contributed by atoms with Gasteiger partial charge in [-0.15, -0.1) is 0 Å². The Hall–Kier alpha value is -2.29. The molecular weight excluding hydrogens is 274 g/mol. The van der Waals surface area contributed by atoms with E-state index in [0.29, 0.717) is 19.6 Å². The van der Waals surface area contributed by atoms with Gasteiger partial charge in [0.25, 0.3) is 0 Å². The van der Waals surface area contributed by atoms with E-state index in [-0.39, 0.29) is 5.91 Å². The lowest BCUT2D eigenvalue weighted by Gasteiger charge is -2.07. The van der Waals surface area contributed by atoms with Gasteiger partial charge in [-0.25, -0.2) is 0 Å². The molecule has 2 aromatic carbocycles. The molecule has 1 amide bonds. The molecule has 0 aliphatic rings. The molecule has 0 aliphatic carbocycles. The van der Waals surface area contributed by atoms with Crippen molar-refractivity contribution in [1.82, 2.24) is 5.32 Å². The van der Waals surface area contributed by atoms with Gasteiger partial charge in [0.15, 0.2) is 0 Å². The molecule has 22 heavy (non-hydrogen) atoms. The number of amides is 1. The smallest absolute Gasteiger partial charge is 0.220 e. The number of benzene rings is 2. The average Bonchev–Trinajstić information content (AvgIpc) is 2.55. The van der Waals surface area contributed by atoms with Crippen molar-refractivity contribution >= 4 is 5.91 Å². The molecule has 0 heterocycles. The topological polar surface area (TPSA) is 38.3 Å². The molecular formula is C19H23NO2. The molecule has 0 fully saturated rings. The van der Waals surface area contributed by atoms with Crippen LogP contribution in [0.15, 0.2) is 54.6 Å². The number of hydrogen-bond acceptors (Lipinski definition) is 2. The second-order valence-electron chi connectivity index (χ2n) is 5.16. The fraction of sp³-hybridized carbons (Fsp3) is 0.316. The van der Waals surface area contributed by atoms with Gasteiger partial charge in [-0.3, -0.25) is 4.79 Å². The Morgan fingerprint density at radius 2 is 1.64 bits per heavy atom. The van der Waals surface area contributed by atoms with Crippen LogP contribution in [-0.4, -0.2) is 19.1 Å². The molecule has 2 aromatic rings. The summed E-state index contributed by atoms with van der Waals surface area (Å²) in [5, 5.41) is 2.97. The zero-order chi connectivity index (χ0) is 15.6. The molecule has 0 saturated carbocycles. The van der Waals surface area contributed by atoms with Crippen molar-refractivity contribution in [2.75, 3.05) is 13.2 Å². The minimum absolute atomic E-state index is 0.102. The van der Waals surface area contributed by atoms with Gasteiger partial charge in [0, 0.05) is 13.0 Å². The predicted molar refractivity (Wildman–Crippen MR) is 89.1 cm³/mol. The van der Waals surface area contributed by atoms with Crippen LogP contribution >= 0.6 is 0 Å². The van der Waals surface area contributed by atoms with E-state index in [1.807, 2.05) is 49.4 Å². The maximum Gasteiger partial charge on any atom is 0.220 e. The monoisotopic (exact) mass is 297 g/mol. The fourth-order valence-corrected chi connectivity index (χ4v) is 2.26. The van der Waals surface area contributed by atoms with Gasteiger partial charge in [-0.1, -0.05) is 42.5 Å². The van der Waals surface area contributed by atoms with Crippen LogP contribution in [0, 0.1) is 0 Å². The summed E-state index contributed by atoms with van der Waals surface area (Å²) in [6, 6.07) is 18.1. The summed E-state index contributed by atoms with van der Waals surface area (Å²) < 4.78 is 5.40. The Kier molecular flexibility index (Phi) is 6.49. The third-order valence-electron chi connectivity index (χ3n) is 3.45. The summed E-state index contributed by atoms with van der Waals surface area (Å²) in [7, 11) is 0. The van der Waals surface area contributed by atoms with Crippen LogP contribution in [-0.2, 0) is 17.6 Å². The number of ether oxygens (including phenoxy) is 1. The Balaban J connectivity index is 1.67. The first kappa shape index (κ1) is 16.1. The lowest BCUT2D eigenvalue weighted by molar-refractivity contribution is -0.121. The Morgan fingerprint density at radius 1 is 0.955 bits per heavy atom. The average molecular weight is 297 g/mol. The summed E-state index contributed by atoms with van der Waals surface area (Å²) in [4.78, 5) is 11.8. The highest BCUT2D eigenvalue weighted by molar-refractivity contribution is 5.76. The van der Waals surface area contributed by atoms with Crippen LogP contribution < -0.4 is 10.1 Å². The highest BCUT2D eigenvalue weighted by atomic mass is 16.5. The van der Waals surface area contributed by atoms with Crippen LogP contribution in [0.4, 0.5) is 0 Å². The number of carbonyl (C=O) groups excluding carboxylic acids is 1. The number of nitrogens with one attached hydrogen (secondary N) is 1. The minimum atomic E-state index is 0.102. The molecule has 0 radical (unpaired) electrons. The second-order valence-corrected chi connectivity index (χ2v) is 5.16. The van der Waals surface area contributed by atoms with Crippen molar-refractivity contribution in [3.63, 3.8) is 0 Å². The molecule has 0 atom stereocenters. The number of aryl methyl sites for hydroxylation is 1. The number of rotatable bonds is 8.